The van der Waals surface area contributed by atoms with Gasteiger partial charge in [0.2, 0.25) is 5.91 Å². The Balaban J connectivity index is 1.35. The Morgan fingerprint density at radius 2 is 1.62 bits per heavy atom. The summed E-state index contributed by atoms with van der Waals surface area (Å²) >= 11 is 0. The average Bonchev–Trinajstić information content (AvgIpc) is 3.23. The van der Waals surface area contributed by atoms with E-state index >= 15 is 0 Å². The quantitative estimate of drug-likeness (QED) is 0.576. The first-order valence-corrected chi connectivity index (χ1v) is 13.7. The van der Waals surface area contributed by atoms with E-state index in [0.29, 0.717) is 31.0 Å². The molecule has 2 atom stereocenters. The highest BCUT2D eigenvalue weighted by atomic mass is 16.2. The Labute approximate surface area is 205 Å². The Kier molecular flexibility index (Phi) is 7.85. The van der Waals surface area contributed by atoms with Gasteiger partial charge in [-0.2, -0.15) is 0 Å². The smallest absolute Gasteiger partial charge is 0.222 e. The lowest BCUT2D eigenvalue weighted by Crippen LogP contribution is -2.44. The van der Waals surface area contributed by atoms with Crippen molar-refractivity contribution in [2.75, 3.05) is 18.4 Å². The number of hydrogen-bond acceptors (Lipinski definition) is 3. The molecule has 1 saturated carbocycles. The van der Waals surface area contributed by atoms with Crippen LogP contribution in [0.3, 0.4) is 0 Å². The van der Waals surface area contributed by atoms with E-state index in [9.17, 15) is 4.79 Å². The molecule has 1 N–H and O–H groups in total. The molecule has 3 aliphatic rings. The van der Waals surface area contributed by atoms with E-state index in [1.165, 1.54) is 61.8 Å². The Morgan fingerprint density at radius 3 is 2.47 bits per heavy atom. The molecule has 2 fully saturated rings. The number of nitrogens with zero attached hydrogens (tertiary/aromatic N) is 2. The van der Waals surface area contributed by atoms with Crippen molar-refractivity contribution in [3.8, 4) is 0 Å². The molecular weight excluding hydrogens is 418 g/mol. The van der Waals surface area contributed by atoms with Crippen LogP contribution in [0.2, 0.25) is 0 Å². The second-order valence-electron chi connectivity index (χ2n) is 10.7. The molecule has 4 nitrogen and oxygen atoms in total. The predicted molar refractivity (Wildman–Crippen MR) is 140 cm³/mol. The molecule has 0 spiro atoms. The number of nitrogens with one attached hydrogen (secondary N) is 1. The first-order valence-electron chi connectivity index (χ1n) is 13.7. The third kappa shape index (κ3) is 5.83. The fourth-order valence-corrected chi connectivity index (χ4v) is 6.45. The van der Waals surface area contributed by atoms with Crippen LogP contribution in [0.15, 0.2) is 54.6 Å². The van der Waals surface area contributed by atoms with Gasteiger partial charge in [-0.15, -0.1) is 0 Å². The Morgan fingerprint density at radius 1 is 0.853 bits per heavy atom. The van der Waals surface area contributed by atoms with Crippen LogP contribution in [0.5, 0.6) is 0 Å². The summed E-state index contributed by atoms with van der Waals surface area (Å²) < 4.78 is 0. The Bertz CT molecular complexity index is 924. The maximum absolute atomic E-state index is 13.6. The second-order valence-corrected chi connectivity index (χ2v) is 10.7. The van der Waals surface area contributed by atoms with Crippen molar-refractivity contribution in [3.63, 3.8) is 0 Å². The van der Waals surface area contributed by atoms with Gasteiger partial charge in [-0.05, 0) is 48.8 Å². The number of carbonyl (C=O) groups is 1. The van der Waals surface area contributed by atoms with Crippen LogP contribution in [-0.4, -0.2) is 40.9 Å². The highest BCUT2D eigenvalue weighted by molar-refractivity contribution is 5.76. The number of fused-ring (bicyclic) bond motifs is 3. The molecule has 2 bridgehead atoms. The molecule has 34 heavy (non-hydrogen) atoms. The van der Waals surface area contributed by atoms with Crippen molar-refractivity contribution < 1.29 is 4.79 Å². The zero-order chi connectivity index (χ0) is 23.2. The summed E-state index contributed by atoms with van der Waals surface area (Å²) in [5.41, 5.74) is 3.82. The van der Waals surface area contributed by atoms with Crippen LogP contribution in [0.4, 0.5) is 5.69 Å². The highest BCUT2D eigenvalue weighted by Gasteiger charge is 2.35. The lowest BCUT2D eigenvalue weighted by molar-refractivity contribution is -0.133. The van der Waals surface area contributed by atoms with Crippen molar-refractivity contribution in [2.24, 2.45) is 5.92 Å². The molecule has 2 aliphatic heterocycles. The summed E-state index contributed by atoms with van der Waals surface area (Å²) in [6, 6.07) is 20.5. The monoisotopic (exact) mass is 459 g/mol. The fourth-order valence-electron chi connectivity index (χ4n) is 6.45. The first-order chi connectivity index (χ1) is 16.8. The number of anilines is 1. The average molecular weight is 460 g/mol. The number of amides is 1. The van der Waals surface area contributed by atoms with E-state index in [1.807, 2.05) is 0 Å². The molecule has 2 heterocycles. The van der Waals surface area contributed by atoms with Gasteiger partial charge in [0.1, 0.15) is 0 Å². The van der Waals surface area contributed by atoms with Gasteiger partial charge in [0.05, 0.1) is 0 Å². The molecular formula is C30H41N3O. The maximum Gasteiger partial charge on any atom is 0.222 e. The third-order valence-electron chi connectivity index (χ3n) is 8.43. The van der Waals surface area contributed by atoms with E-state index in [4.69, 9.17) is 0 Å². The standard InChI is InChI=1S/C30H41N3O/c34-30(18-15-24-9-3-1-4-10-24)32-22-26-13-7-8-14-29(26)31-20-19-27-16-17-28(23-32)33(27)21-25-11-5-2-6-12-25/h2,5-8,11-14,24,27-28,31H,1,3-4,9-10,15-23H2/t27-,28+/m0/s1. The molecule has 1 saturated heterocycles. The SMILES string of the molecule is O=C(CCC1CCCCC1)N1Cc2ccccc2NCC[C@@H]2CC[C@H](C1)N2Cc1ccccc1. The van der Waals surface area contributed by atoms with Gasteiger partial charge >= 0.3 is 0 Å². The zero-order valence-corrected chi connectivity index (χ0v) is 20.6. The van der Waals surface area contributed by atoms with Crippen LogP contribution in [0.1, 0.15) is 75.3 Å². The van der Waals surface area contributed by atoms with Crippen molar-refractivity contribution in [1.29, 1.82) is 0 Å². The normalized spacial score (nSPS) is 24.2. The van der Waals surface area contributed by atoms with E-state index in [1.54, 1.807) is 0 Å². The number of benzene rings is 2. The lowest BCUT2D eigenvalue weighted by atomic mass is 9.86. The van der Waals surface area contributed by atoms with E-state index in [2.05, 4.69) is 69.7 Å². The molecule has 0 radical (unpaired) electrons. The number of hydrogen-bond donors (Lipinski definition) is 1. The minimum Gasteiger partial charge on any atom is -0.385 e. The maximum atomic E-state index is 13.6. The third-order valence-corrected chi connectivity index (χ3v) is 8.43. The topological polar surface area (TPSA) is 35.6 Å². The van der Waals surface area contributed by atoms with Gasteiger partial charge in [-0.25, -0.2) is 0 Å². The van der Waals surface area contributed by atoms with Crippen LogP contribution in [0, 0.1) is 5.92 Å². The summed E-state index contributed by atoms with van der Waals surface area (Å²) in [6.45, 7) is 3.52. The van der Waals surface area contributed by atoms with E-state index < -0.39 is 0 Å². The predicted octanol–water partition coefficient (Wildman–Crippen LogP) is 6.22. The van der Waals surface area contributed by atoms with Crippen LogP contribution < -0.4 is 5.32 Å². The summed E-state index contributed by atoms with van der Waals surface area (Å²) in [7, 11) is 0. The zero-order valence-electron chi connectivity index (χ0n) is 20.6. The van der Waals surface area contributed by atoms with Crippen molar-refractivity contribution in [1.82, 2.24) is 9.80 Å². The molecule has 2 aromatic carbocycles. The highest BCUT2D eigenvalue weighted by Crippen LogP contribution is 2.32. The molecule has 0 aromatic heterocycles. The molecule has 2 aromatic rings. The molecule has 182 valence electrons. The first kappa shape index (κ1) is 23.4. The van der Waals surface area contributed by atoms with Crippen molar-refractivity contribution in [3.05, 3.63) is 65.7 Å². The van der Waals surface area contributed by atoms with Gasteiger partial charge < -0.3 is 10.2 Å². The van der Waals surface area contributed by atoms with Gasteiger partial charge in [-0.3, -0.25) is 9.69 Å². The summed E-state index contributed by atoms with van der Waals surface area (Å²) in [5.74, 6) is 1.10. The van der Waals surface area contributed by atoms with Crippen LogP contribution in [-0.2, 0) is 17.9 Å². The molecule has 4 heteroatoms. The molecule has 0 unspecified atom stereocenters. The molecule has 5 rings (SSSR count). The fraction of sp³-hybridized carbons (Fsp3) is 0.567. The summed E-state index contributed by atoms with van der Waals surface area (Å²) in [5, 5.41) is 3.71. The Hall–Kier alpha value is -2.33. The molecule has 1 amide bonds. The second kappa shape index (κ2) is 11.4. The minimum absolute atomic E-state index is 0.350. The lowest BCUT2D eigenvalue weighted by Gasteiger charge is -2.34. The van der Waals surface area contributed by atoms with Gasteiger partial charge in [0.25, 0.3) is 0 Å². The number of carbonyl (C=O) groups excluding carboxylic acids is 1. The number of para-hydroxylation sites is 1. The minimum atomic E-state index is 0.350. The van der Waals surface area contributed by atoms with Gasteiger partial charge in [-0.1, -0.05) is 80.6 Å². The van der Waals surface area contributed by atoms with E-state index in [-0.39, 0.29) is 0 Å². The summed E-state index contributed by atoms with van der Waals surface area (Å²) in [4.78, 5) is 18.5. The largest absolute Gasteiger partial charge is 0.385 e. The van der Waals surface area contributed by atoms with Gasteiger partial charge in [0, 0.05) is 50.4 Å². The van der Waals surface area contributed by atoms with Crippen molar-refractivity contribution in [2.45, 2.75) is 89.4 Å². The summed E-state index contributed by atoms with van der Waals surface area (Å²) in [6.07, 6.45) is 12.0. The van der Waals surface area contributed by atoms with Crippen LogP contribution >= 0.6 is 0 Å². The van der Waals surface area contributed by atoms with Gasteiger partial charge in [0.15, 0.2) is 0 Å². The van der Waals surface area contributed by atoms with Crippen LogP contribution in [0.25, 0.3) is 0 Å². The van der Waals surface area contributed by atoms with Crippen molar-refractivity contribution >= 4 is 11.6 Å². The number of rotatable bonds is 5. The molecule has 1 aliphatic carbocycles. The van der Waals surface area contributed by atoms with E-state index in [0.717, 1.165) is 38.4 Å².